The third kappa shape index (κ3) is 3.94. The van der Waals surface area contributed by atoms with Gasteiger partial charge in [-0.3, -0.25) is 9.59 Å². The minimum atomic E-state index is -1.04. The van der Waals surface area contributed by atoms with Crippen LogP contribution >= 0.6 is 11.6 Å². The van der Waals surface area contributed by atoms with Crippen molar-refractivity contribution in [2.24, 2.45) is 0 Å². The van der Waals surface area contributed by atoms with Crippen molar-refractivity contribution in [2.45, 2.75) is 33.2 Å². The van der Waals surface area contributed by atoms with E-state index in [4.69, 9.17) is 16.7 Å². The number of hydrogen-bond acceptors (Lipinski definition) is 3. The summed E-state index contributed by atoms with van der Waals surface area (Å²) >= 11 is 5.88. The Balaban J connectivity index is 2.35. The summed E-state index contributed by atoms with van der Waals surface area (Å²) in [7, 11) is 0. The number of hydrogen-bond donors (Lipinski definition) is 1. The molecule has 2 rings (SSSR count). The Kier molecular flexibility index (Phi) is 5.62. The lowest BCUT2D eigenvalue weighted by Crippen LogP contribution is -2.42. The number of rotatable bonds is 6. The van der Waals surface area contributed by atoms with E-state index < -0.39 is 5.97 Å². The first-order valence-electron chi connectivity index (χ1n) is 7.68. The van der Waals surface area contributed by atoms with Gasteiger partial charge in [-0.1, -0.05) is 18.5 Å². The fraction of sp³-hybridized carbons (Fsp3) is 0.353. The molecule has 0 aliphatic heterocycles. The molecule has 24 heavy (non-hydrogen) atoms. The van der Waals surface area contributed by atoms with E-state index in [1.165, 1.54) is 4.90 Å². The lowest BCUT2D eigenvalue weighted by atomic mass is 10.1. The zero-order chi connectivity index (χ0) is 17.9. The average molecular weight is 350 g/mol. The average Bonchev–Trinajstić information content (AvgIpc) is 2.93. The fourth-order valence-corrected chi connectivity index (χ4v) is 2.47. The number of carboxylic acids is 1. The van der Waals surface area contributed by atoms with Crippen molar-refractivity contribution in [1.29, 1.82) is 0 Å². The Hall–Kier alpha value is -2.34. The summed E-state index contributed by atoms with van der Waals surface area (Å²) in [4.78, 5) is 25.2. The number of carbonyl (C=O) groups excluding carboxylic acids is 1. The Morgan fingerprint density at radius 2 is 1.96 bits per heavy atom. The van der Waals surface area contributed by atoms with E-state index in [0.29, 0.717) is 22.7 Å². The molecule has 6 nitrogen and oxygen atoms in total. The Labute approximate surface area is 145 Å². The second-order valence-corrected chi connectivity index (χ2v) is 6.07. The molecule has 1 N–H and O–H groups in total. The summed E-state index contributed by atoms with van der Waals surface area (Å²) in [5.41, 5.74) is 1.72. The summed E-state index contributed by atoms with van der Waals surface area (Å²) in [5, 5.41) is 14.0. The van der Waals surface area contributed by atoms with Crippen LogP contribution in [-0.2, 0) is 4.79 Å². The second kappa shape index (κ2) is 7.49. The maximum atomic E-state index is 12.8. The summed E-state index contributed by atoms with van der Waals surface area (Å²) in [5.74, 6) is -1.36. The standard InChI is InChI=1S/C17H20ClN3O3/c1-4-11(2)20(10-16(22)23)17(24)15-9-21(19-12(15)3)14-7-5-13(18)6-8-14/h5-9,11H,4,10H2,1-3H3,(H,22,23). The summed E-state index contributed by atoms with van der Waals surface area (Å²) in [6.07, 6.45) is 2.29. The molecule has 0 aliphatic rings. The molecule has 0 spiro atoms. The second-order valence-electron chi connectivity index (χ2n) is 5.63. The van der Waals surface area contributed by atoms with E-state index in [1.807, 2.05) is 13.8 Å². The van der Waals surface area contributed by atoms with Crippen LogP contribution in [0.3, 0.4) is 0 Å². The Morgan fingerprint density at radius 3 is 2.50 bits per heavy atom. The van der Waals surface area contributed by atoms with Crippen LogP contribution in [0.5, 0.6) is 0 Å². The number of halogens is 1. The summed E-state index contributed by atoms with van der Waals surface area (Å²) in [6.45, 7) is 5.14. The highest BCUT2D eigenvalue weighted by Crippen LogP contribution is 2.18. The summed E-state index contributed by atoms with van der Waals surface area (Å²) < 4.78 is 1.59. The number of benzene rings is 1. The molecule has 7 heteroatoms. The van der Waals surface area contributed by atoms with E-state index >= 15 is 0 Å². The zero-order valence-electron chi connectivity index (χ0n) is 13.9. The number of carbonyl (C=O) groups is 2. The number of aliphatic carboxylic acids is 1. The number of carboxylic acid groups (broad SMARTS) is 1. The Bertz CT molecular complexity index is 740. The number of aryl methyl sites for hydroxylation is 1. The van der Waals surface area contributed by atoms with E-state index in [-0.39, 0.29) is 18.5 Å². The molecule has 1 aromatic heterocycles. The van der Waals surface area contributed by atoms with Crippen LogP contribution in [0.25, 0.3) is 5.69 Å². The molecule has 2 aromatic rings. The molecule has 0 radical (unpaired) electrons. The van der Waals surface area contributed by atoms with Gasteiger partial charge >= 0.3 is 5.97 Å². The molecule has 0 fully saturated rings. The van der Waals surface area contributed by atoms with Crippen molar-refractivity contribution < 1.29 is 14.7 Å². The van der Waals surface area contributed by atoms with Gasteiger partial charge in [0, 0.05) is 17.3 Å². The van der Waals surface area contributed by atoms with Crippen LogP contribution in [0.2, 0.25) is 5.02 Å². The first kappa shape index (κ1) is 18.0. The molecular formula is C17H20ClN3O3. The van der Waals surface area contributed by atoms with Crippen molar-refractivity contribution in [1.82, 2.24) is 14.7 Å². The molecule has 0 saturated heterocycles. The monoisotopic (exact) mass is 349 g/mol. The van der Waals surface area contributed by atoms with Gasteiger partial charge in [-0.2, -0.15) is 5.10 Å². The van der Waals surface area contributed by atoms with Crippen LogP contribution in [0.4, 0.5) is 0 Å². The molecule has 1 heterocycles. The van der Waals surface area contributed by atoms with E-state index in [0.717, 1.165) is 5.69 Å². The highest BCUT2D eigenvalue weighted by atomic mass is 35.5. The van der Waals surface area contributed by atoms with Crippen molar-refractivity contribution >= 4 is 23.5 Å². The first-order chi connectivity index (χ1) is 11.3. The molecule has 0 saturated carbocycles. The number of amides is 1. The van der Waals surface area contributed by atoms with Crippen LogP contribution in [0.1, 0.15) is 36.3 Å². The first-order valence-corrected chi connectivity index (χ1v) is 8.06. The smallest absolute Gasteiger partial charge is 0.323 e. The van der Waals surface area contributed by atoms with Crippen molar-refractivity contribution in [3.63, 3.8) is 0 Å². The molecular weight excluding hydrogens is 330 g/mol. The topological polar surface area (TPSA) is 75.4 Å². The number of aromatic nitrogens is 2. The maximum Gasteiger partial charge on any atom is 0.323 e. The van der Waals surface area contributed by atoms with Crippen LogP contribution in [0, 0.1) is 6.92 Å². The zero-order valence-corrected chi connectivity index (χ0v) is 14.6. The summed E-state index contributed by atoms with van der Waals surface area (Å²) in [6, 6.07) is 6.91. The molecule has 128 valence electrons. The van der Waals surface area contributed by atoms with Gasteiger partial charge in [-0.25, -0.2) is 4.68 Å². The lowest BCUT2D eigenvalue weighted by molar-refractivity contribution is -0.138. The molecule has 1 unspecified atom stereocenters. The van der Waals surface area contributed by atoms with Crippen LogP contribution in [0.15, 0.2) is 30.5 Å². The van der Waals surface area contributed by atoms with Crippen molar-refractivity contribution in [3.8, 4) is 5.69 Å². The fourth-order valence-electron chi connectivity index (χ4n) is 2.34. The Morgan fingerprint density at radius 1 is 1.33 bits per heavy atom. The largest absolute Gasteiger partial charge is 0.480 e. The van der Waals surface area contributed by atoms with Gasteiger partial charge in [0.15, 0.2) is 0 Å². The molecule has 1 aromatic carbocycles. The van der Waals surface area contributed by atoms with Gasteiger partial charge in [-0.05, 0) is 44.5 Å². The SMILES string of the molecule is CCC(C)N(CC(=O)O)C(=O)c1cn(-c2ccc(Cl)cc2)nc1C. The van der Waals surface area contributed by atoms with Gasteiger partial charge in [-0.15, -0.1) is 0 Å². The number of nitrogens with zero attached hydrogens (tertiary/aromatic N) is 3. The minimum Gasteiger partial charge on any atom is -0.480 e. The highest BCUT2D eigenvalue weighted by Gasteiger charge is 2.25. The molecule has 1 amide bonds. The van der Waals surface area contributed by atoms with Crippen molar-refractivity contribution in [3.05, 3.63) is 46.7 Å². The predicted octanol–water partition coefficient (Wildman–Crippen LogP) is 3.16. The van der Waals surface area contributed by atoms with Crippen molar-refractivity contribution in [2.75, 3.05) is 6.54 Å². The van der Waals surface area contributed by atoms with Gasteiger partial charge in [0.2, 0.25) is 0 Å². The quantitative estimate of drug-likeness (QED) is 0.869. The normalized spacial score (nSPS) is 12.0. The van der Waals surface area contributed by atoms with Gasteiger partial charge < -0.3 is 10.0 Å². The predicted molar refractivity (Wildman–Crippen MR) is 91.7 cm³/mol. The lowest BCUT2D eigenvalue weighted by Gasteiger charge is -2.26. The third-order valence-electron chi connectivity index (χ3n) is 3.91. The van der Waals surface area contributed by atoms with E-state index in [1.54, 1.807) is 42.1 Å². The van der Waals surface area contributed by atoms with Gasteiger partial charge in [0.05, 0.1) is 16.9 Å². The molecule has 0 bridgehead atoms. The van der Waals surface area contributed by atoms with Gasteiger partial charge in [0.1, 0.15) is 6.54 Å². The maximum absolute atomic E-state index is 12.8. The molecule has 0 aliphatic carbocycles. The third-order valence-corrected chi connectivity index (χ3v) is 4.16. The highest BCUT2D eigenvalue weighted by molar-refractivity contribution is 6.30. The van der Waals surface area contributed by atoms with Crippen LogP contribution in [-0.4, -0.2) is 44.3 Å². The van der Waals surface area contributed by atoms with Gasteiger partial charge in [0.25, 0.3) is 5.91 Å². The molecule has 1 atom stereocenters. The van der Waals surface area contributed by atoms with E-state index in [9.17, 15) is 9.59 Å². The van der Waals surface area contributed by atoms with Crippen LogP contribution < -0.4 is 0 Å². The van der Waals surface area contributed by atoms with E-state index in [2.05, 4.69) is 5.10 Å². The minimum absolute atomic E-state index is 0.174.